The Morgan fingerprint density at radius 1 is 0.423 bits per heavy atom. The third-order valence-corrected chi connectivity index (χ3v) is 5.21. The first-order chi connectivity index (χ1) is 12.9. The Balaban J connectivity index is 1.89. The van der Waals surface area contributed by atoms with Crippen LogP contribution in [-0.4, -0.2) is 9.97 Å². The summed E-state index contributed by atoms with van der Waals surface area (Å²) in [6.07, 6.45) is 0. The Bertz CT molecular complexity index is 1470. The fourth-order valence-corrected chi connectivity index (χ4v) is 3.99. The van der Waals surface area contributed by atoms with E-state index >= 15 is 0 Å². The Morgan fingerprint density at radius 3 is 2.04 bits per heavy atom. The molecule has 6 rings (SSSR count). The minimum Gasteiger partial charge on any atom is -0.244 e. The molecule has 0 amide bonds. The van der Waals surface area contributed by atoms with Gasteiger partial charge in [0.05, 0.1) is 22.1 Å². The summed E-state index contributed by atoms with van der Waals surface area (Å²) >= 11 is 0. The summed E-state index contributed by atoms with van der Waals surface area (Å²) in [6.45, 7) is 0. The van der Waals surface area contributed by atoms with E-state index in [-0.39, 0.29) is 0 Å². The third-order valence-electron chi connectivity index (χ3n) is 5.21. The Hall–Kier alpha value is -3.52. The van der Waals surface area contributed by atoms with Crippen LogP contribution in [0.15, 0.2) is 84.9 Å². The van der Waals surface area contributed by atoms with Crippen LogP contribution in [0, 0.1) is 0 Å². The summed E-state index contributed by atoms with van der Waals surface area (Å²) in [7, 11) is 0. The van der Waals surface area contributed by atoms with Gasteiger partial charge >= 0.3 is 0 Å². The van der Waals surface area contributed by atoms with Gasteiger partial charge < -0.3 is 0 Å². The van der Waals surface area contributed by atoms with Crippen molar-refractivity contribution in [2.75, 3.05) is 0 Å². The van der Waals surface area contributed by atoms with Gasteiger partial charge in [-0.1, -0.05) is 66.7 Å². The highest BCUT2D eigenvalue weighted by molar-refractivity contribution is 6.23. The Morgan fingerprint density at radius 2 is 1.12 bits per heavy atom. The number of hydrogen-bond acceptors (Lipinski definition) is 2. The van der Waals surface area contributed by atoms with Crippen LogP contribution in [0.2, 0.25) is 0 Å². The highest BCUT2D eigenvalue weighted by Gasteiger charge is 2.10. The van der Waals surface area contributed by atoms with Crippen molar-refractivity contribution >= 4 is 54.4 Å². The van der Waals surface area contributed by atoms with E-state index in [1.807, 2.05) is 24.3 Å². The van der Waals surface area contributed by atoms with Crippen molar-refractivity contribution in [3.63, 3.8) is 0 Å². The second kappa shape index (κ2) is 4.99. The van der Waals surface area contributed by atoms with E-state index in [9.17, 15) is 0 Å². The zero-order valence-electron chi connectivity index (χ0n) is 14.0. The largest absolute Gasteiger partial charge is 0.244 e. The summed E-state index contributed by atoms with van der Waals surface area (Å²) in [5.74, 6) is 0. The monoisotopic (exact) mass is 330 g/mol. The topological polar surface area (TPSA) is 25.8 Å². The second-order valence-electron chi connectivity index (χ2n) is 6.69. The fourth-order valence-electron chi connectivity index (χ4n) is 3.99. The van der Waals surface area contributed by atoms with Gasteiger partial charge in [0, 0.05) is 5.39 Å². The molecule has 1 heterocycles. The molecule has 5 aromatic carbocycles. The molecule has 0 aliphatic carbocycles. The number of hydrogen-bond donors (Lipinski definition) is 0. The molecule has 0 spiro atoms. The van der Waals surface area contributed by atoms with Crippen molar-refractivity contribution in [3.05, 3.63) is 84.9 Å². The van der Waals surface area contributed by atoms with E-state index in [4.69, 9.17) is 9.97 Å². The first-order valence-corrected chi connectivity index (χ1v) is 8.78. The van der Waals surface area contributed by atoms with Crippen molar-refractivity contribution in [3.8, 4) is 0 Å². The van der Waals surface area contributed by atoms with Crippen LogP contribution in [-0.2, 0) is 0 Å². The van der Waals surface area contributed by atoms with E-state index in [0.29, 0.717) is 0 Å². The lowest BCUT2D eigenvalue weighted by atomic mass is 9.96. The predicted molar refractivity (Wildman–Crippen MR) is 110 cm³/mol. The van der Waals surface area contributed by atoms with Crippen LogP contribution in [0.3, 0.4) is 0 Å². The maximum Gasteiger partial charge on any atom is 0.0979 e. The number of rotatable bonds is 0. The molecule has 0 fully saturated rings. The number of para-hydroxylation sites is 2. The lowest BCUT2D eigenvalue weighted by Gasteiger charge is -2.10. The first-order valence-electron chi connectivity index (χ1n) is 8.78. The van der Waals surface area contributed by atoms with E-state index in [1.54, 1.807) is 0 Å². The minimum absolute atomic E-state index is 0.935. The molecule has 2 nitrogen and oxygen atoms in total. The summed E-state index contributed by atoms with van der Waals surface area (Å²) < 4.78 is 0. The number of benzene rings is 5. The van der Waals surface area contributed by atoms with E-state index in [0.717, 1.165) is 22.1 Å². The highest BCUT2D eigenvalue weighted by Crippen LogP contribution is 2.34. The molecular formula is C24H14N2. The lowest BCUT2D eigenvalue weighted by Crippen LogP contribution is -1.89. The van der Waals surface area contributed by atoms with Gasteiger partial charge in [-0.15, -0.1) is 0 Å². The van der Waals surface area contributed by atoms with Crippen molar-refractivity contribution in [1.82, 2.24) is 9.97 Å². The van der Waals surface area contributed by atoms with Crippen molar-refractivity contribution in [1.29, 1.82) is 0 Å². The molecule has 0 N–H and O–H groups in total. The molecule has 120 valence electrons. The first kappa shape index (κ1) is 13.7. The smallest absolute Gasteiger partial charge is 0.0979 e. The van der Waals surface area contributed by atoms with E-state index in [2.05, 4.69) is 60.7 Å². The molecule has 0 saturated carbocycles. The molecule has 0 radical (unpaired) electrons. The number of nitrogens with zero attached hydrogens (tertiary/aromatic N) is 2. The van der Waals surface area contributed by atoms with E-state index in [1.165, 1.54) is 32.3 Å². The molecule has 1 aromatic heterocycles. The standard InChI is InChI=1S/C24H14N2/c1-2-6-17-15(5-1)9-13-19-18(17)12-10-16-11-14-22-24(23(16)19)26-21-8-4-3-7-20(21)25-22/h1-14H. The summed E-state index contributed by atoms with van der Waals surface area (Å²) in [5.41, 5.74) is 3.79. The second-order valence-corrected chi connectivity index (χ2v) is 6.69. The van der Waals surface area contributed by atoms with Gasteiger partial charge in [-0.2, -0.15) is 0 Å². The molecule has 0 aliphatic heterocycles. The zero-order chi connectivity index (χ0) is 17.1. The highest BCUT2D eigenvalue weighted by atomic mass is 14.8. The van der Waals surface area contributed by atoms with Gasteiger partial charge in [0.2, 0.25) is 0 Å². The molecule has 0 saturated heterocycles. The van der Waals surface area contributed by atoms with Crippen LogP contribution in [0.25, 0.3) is 54.4 Å². The van der Waals surface area contributed by atoms with Crippen molar-refractivity contribution in [2.45, 2.75) is 0 Å². The Kier molecular flexibility index (Phi) is 2.64. The quantitative estimate of drug-likeness (QED) is 0.243. The lowest BCUT2D eigenvalue weighted by molar-refractivity contribution is 1.41. The van der Waals surface area contributed by atoms with Gasteiger partial charge in [0.25, 0.3) is 0 Å². The fraction of sp³-hybridized carbons (Fsp3) is 0. The molecule has 2 heteroatoms. The van der Waals surface area contributed by atoms with Gasteiger partial charge in [0.15, 0.2) is 0 Å². The molecular weight excluding hydrogens is 316 g/mol. The Labute approximate surface area is 149 Å². The normalized spacial score (nSPS) is 11.8. The van der Waals surface area contributed by atoms with Crippen LogP contribution in [0.5, 0.6) is 0 Å². The van der Waals surface area contributed by atoms with Crippen molar-refractivity contribution in [2.24, 2.45) is 0 Å². The van der Waals surface area contributed by atoms with Gasteiger partial charge in [-0.25, -0.2) is 9.97 Å². The molecule has 0 bridgehead atoms. The number of aromatic nitrogens is 2. The maximum atomic E-state index is 4.97. The minimum atomic E-state index is 0.935. The molecule has 26 heavy (non-hydrogen) atoms. The van der Waals surface area contributed by atoms with Crippen LogP contribution in [0.4, 0.5) is 0 Å². The average molecular weight is 330 g/mol. The van der Waals surface area contributed by atoms with Crippen LogP contribution >= 0.6 is 0 Å². The third kappa shape index (κ3) is 1.81. The molecule has 0 unspecified atom stereocenters. The van der Waals surface area contributed by atoms with Gasteiger partial charge in [0.1, 0.15) is 0 Å². The summed E-state index contributed by atoms with van der Waals surface area (Å²) in [4.78, 5) is 9.81. The van der Waals surface area contributed by atoms with Crippen LogP contribution in [0.1, 0.15) is 0 Å². The zero-order valence-corrected chi connectivity index (χ0v) is 14.0. The predicted octanol–water partition coefficient (Wildman–Crippen LogP) is 6.24. The molecule has 6 aromatic rings. The molecule has 0 atom stereocenters. The van der Waals surface area contributed by atoms with Gasteiger partial charge in [-0.3, -0.25) is 0 Å². The van der Waals surface area contributed by atoms with E-state index < -0.39 is 0 Å². The summed E-state index contributed by atoms with van der Waals surface area (Å²) in [5, 5.41) is 7.41. The summed E-state index contributed by atoms with van der Waals surface area (Å²) in [6, 6.07) is 29.7. The van der Waals surface area contributed by atoms with Crippen molar-refractivity contribution < 1.29 is 0 Å². The molecule has 0 aliphatic rings. The average Bonchev–Trinajstić information content (AvgIpc) is 2.71. The maximum absolute atomic E-state index is 4.97. The van der Waals surface area contributed by atoms with Crippen LogP contribution < -0.4 is 0 Å². The number of fused-ring (bicyclic) bond motifs is 8. The van der Waals surface area contributed by atoms with Gasteiger partial charge in [-0.05, 0) is 45.1 Å². The SMILES string of the molecule is c1ccc2c(c1)ccc1c2ccc2ccc3nc4ccccc4nc3c21.